The first-order chi connectivity index (χ1) is 6.09. The maximum absolute atomic E-state index is 9.70. The van der Waals surface area contributed by atoms with E-state index in [-0.39, 0.29) is 0 Å². The minimum Gasteiger partial charge on any atom is -0.390 e. The lowest BCUT2D eigenvalue weighted by atomic mass is 10.1. The van der Waals surface area contributed by atoms with Gasteiger partial charge >= 0.3 is 0 Å². The fraction of sp³-hybridized carbons (Fsp3) is 0.444. The first-order valence-electron chi connectivity index (χ1n) is 4.11. The maximum atomic E-state index is 9.70. The summed E-state index contributed by atoms with van der Waals surface area (Å²) in [6, 6.07) is 1.91. The summed E-state index contributed by atoms with van der Waals surface area (Å²) in [5.41, 5.74) is 0.405. The molecular weight excluding hydrogens is 253 g/mol. The van der Waals surface area contributed by atoms with Crippen LogP contribution in [0.15, 0.2) is 16.7 Å². The SMILES string of the molecule is OC1(Cc2cc(Br)cnc2Cl)CC1. The third kappa shape index (κ3) is 2.22. The molecule has 0 bridgehead atoms. The van der Waals surface area contributed by atoms with Crippen LogP contribution in [0, 0.1) is 0 Å². The molecule has 1 aromatic heterocycles. The highest BCUT2D eigenvalue weighted by molar-refractivity contribution is 9.10. The van der Waals surface area contributed by atoms with E-state index in [0.29, 0.717) is 11.6 Å². The van der Waals surface area contributed by atoms with Crippen molar-refractivity contribution in [1.82, 2.24) is 4.98 Å². The molecule has 0 unspecified atom stereocenters. The number of hydrogen-bond acceptors (Lipinski definition) is 2. The summed E-state index contributed by atoms with van der Waals surface area (Å²) >= 11 is 9.21. The van der Waals surface area contributed by atoms with Gasteiger partial charge in [-0.25, -0.2) is 4.98 Å². The molecule has 0 aromatic carbocycles. The van der Waals surface area contributed by atoms with Gasteiger partial charge in [-0.1, -0.05) is 11.6 Å². The van der Waals surface area contributed by atoms with Gasteiger partial charge in [-0.15, -0.1) is 0 Å². The molecule has 1 fully saturated rings. The molecule has 0 radical (unpaired) electrons. The zero-order valence-electron chi connectivity index (χ0n) is 6.93. The highest BCUT2D eigenvalue weighted by Crippen LogP contribution is 2.39. The maximum Gasteiger partial charge on any atom is 0.132 e. The van der Waals surface area contributed by atoms with Crippen LogP contribution >= 0.6 is 27.5 Å². The molecule has 70 valence electrons. The van der Waals surface area contributed by atoms with Gasteiger partial charge in [0.2, 0.25) is 0 Å². The molecule has 0 aliphatic heterocycles. The van der Waals surface area contributed by atoms with E-state index in [1.807, 2.05) is 6.07 Å². The third-order valence-corrected chi connectivity index (χ3v) is 3.00. The Bertz CT molecular complexity index is 338. The average molecular weight is 263 g/mol. The van der Waals surface area contributed by atoms with Crippen molar-refractivity contribution in [2.75, 3.05) is 0 Å². The van der Waals surface area contributed by atoms with Crippen LogP contribution in [0.3, 0.4) is 0 Å². The minimum absolute atomic E-state index is 0.489. The first-order valence-corrected chi connectivity index (χ1v) is 5.28. The van der Waals surface area contributed by atoms with Gasteiger partial charge in [0.15, 0.2) is 0 Å². The zero-order chi connectivity index (χ0) is 9.47. The molecule has 0 atom stereocenters. The molecule has 0 amide bonds. The van der Waals surface area contributed by atoms with Crippen molar-refractivity contribution in [3.05, 3.63) is 27.5 Å². The predicted molar refractivity (Wildman–Crippen MR) is 54.8 cm³/mol. The van der Waals surface area contributed by atoms with E-state index < -0.39 is 5.60 Å². The average Bonchev–Trinajstić information content (AvgIpc) is 2.76. The smallest absolute Gasteiger partial charge is 0.132 e. The van der Waals surface area contributed by atoms with E-state index in [2.05, 4.69) is 20.9 Å². The van der Waals surface area contributed by atoms with E-state index in [4.69, 9.17) is 11.6 Å². The van der Waals surface area contributed by atoms with Crippen molar-refractivity contribution in [3.63, 3.8) is 0 Å². The first kappa shape index (κ1) is 9.44. The largest absolute Gasteiger partial charge is 0.390 e. The van der Waals surface area contributed by atoms with Gasteiger partial charge in [-0.05, 0) is 40.4 Å². The van der Waals surface area contributed by atoms with Crippen molar-refractivity contribution < 1.29 is 5.11 Å². The van der Waals surface area contributed by atoms with Crippen LogP contribution in [0.25, 0.3) is 0 Å². The molecular formula is C9H9BrClNO. The normalized spacial score (nSPS) is 18.7. The lowest BCUT2D eigenvalue weighted by Crippen LogP contribution is -2.11. The second-order valence-electron chi connectivity index (χ2n) is 3.50. The van der Waals surface area contributed by atoms with Gasteiger partial charge in [-0.2, -0.15) is 0 Å². The summed E-state index contributed by atoms with van der Waals surface area (Å²) in [6.07, 6.45) is 4.01. The Hall–Kier alpha value is -0.120. The van der Waals surface area contributed by atoms with Crippen LogP contribution in [-0.2, 0) is 6.42 Å². The molecule has 0 spiro atoms. The van der Waals surface area contributed by atoms with Gasteiger partial charge in [-0.3, -0.25) is 0 Å². The Kier molecular flexibility index (Phi) is 2.34. The van der Waals surface area contributed by atoms with Crippen molar-refractivity contribution >= 4 is 27.5 Å². The molecule has 4 heteroatoms. The Morgan fingerprint density at radius 3 is 2.92 bits per heavy atom. The fourth-order valence-corrected chi connectivity index (χ4v) is 1.81. The molecule has 1 aliphatic carbocycles. The van der Waals surface area contributed by atoms with Crippen LogP contribution in [0.1, 0.15) is 18.4 Å². The highest BCUT2D eigenvalue weighted by Gasteiger charge is 2.40. The Balaban J connectivity index is 2.23. The summed E-state index contributed by atoms with van der Waals surface area (Å²) < 4.78 is 0.899. The number of nitrogens with zero attached hydrogens (tertiary/aromatic N) is 1. The molecule has 1 heterocycles. The van der Waals surface area contributed by atoms with Gasteiger partial charge < -0.3 is 5.11 Å². The molecule has 0 saturated heterocycles. The monoisotopic (exact) mass is 261 g/mol. The van der Waals surface area contributed by atoms with E-state index >= 15 is 0 Å². The standard InChI is InChI=1S/C9H9BrClNO/c10-7-3-6(8(11)12-5-7)4-9(13)1-2-9/h3,5,13H,1-2,4H2. The van der Waals surface area contributed by atoms with Gasteiger partial charge in [0, 0.05) is 17.1 Å². The lowest BCUT2D eigenvalue weighted by molar-refractivity contribution is 0.151. The molecule has 1 aromatic rings. The summed E-state index contributed by atoms with van der Waals surface area (Å²) in [5, 5.41) is 10.2. The van der Waals surface area contributed by atoms with Gasteiger partial charge in [0.25, 0.3) is 0 Å². The van der Waals surface area contributed by atoms with E-state index in [1.165, 1.54) is 0 Å². The van der Waals surface area contributed by atoms with E-state index in [1.54, 1.807) is 6.20 Å². The van der Waals surface area contributed by atoms with E-state index in [9.17, 15) is 5.11 Å². The van der Waals surface area contributed by atoms with Crippen LogP contribution in [0.5, 0.6) is 0 Å². The van der Waals surface area contributed by atoms with Crippen molar-refractivity contribution in [1.29, 1.82) is 0 Å². The van der Waals surface area contributed by atoms with Crippen LogP contribution in [0.4, 0.5) is 0 Å². The quantitative estimate of drug-likeness (QED) is 0.831. The van der Waals surface area contributed by atoms with Crippen molar-refractivity contribution in [2.45, 2.75) is 24.9 Å². The second-order valence-corrected chi connectivity index (χ2v) is 4.78. The summed E-state index contributed by atoms with van der Waals surface area (Å²) in [4.78, 5) is 4.00. The number of hydrogen-bond donors (Lipinski definition) is 1. The number of aromatic nitrogens is 1. The molecule has 2 rings (SSSR count). The van der Waals surface area contributed by atoms with Crippen molar-refractivity contribution in [2.24, 2.45) is 0 Å². The van der Waals surface area contributed by atoms with Crippen molar-refractivity contribution in [3.8, 4) is 0 Å². The molecule has 1 saturated carbocycles. The van der Waals surface area contributed by atoms with Gasteiger partial charge in [0.05, 0.1) is 5.60 Å². The molecule has 1 aliphatic rings. The Morgan fingerprint density at radius 2 is 2.31 bits per heavy atom. The lowest BCUT2D eigenvalue weighted by Gasteiger charge is -2.08. The minimum atomic E-state index is -0.508. The summed E-state index contributed by atoms with van der Waals surface area (Å²) in [6.45, 7) is 0. The second kappa shape index (κ2) is 3.23. The zero-order valence-corrected chi connectivity index (χ0v) is 9.27. The number of rotatable bonds is 2. The third-order valence-electron chi connectivity index (χ3n) is 2.22. The Labute approximate surface area is 90.1 Å². The number of pyridine rings is 1. The summed E-state index contributed by atoms with van der Waals surface area (Å²) in [7, 11) is 0. The topological polar surface area (TPSA) is 33.1 Å². The molecule has 13 heavy (non-hydrogen) atoms. The Morgan fingerprint density at radius 1 is 1.62 bits per heavy atom. The highest BCUT2D eigenvalue weighted by atomic mass is 79.9. The predicted octanol–water partition coefficient (Wildman–Crippen LogP) is 2.56. The van der Waals surface area contributed by atoms with Crippen LogP contribution in [0.2, 0.25) is 5.15 Å². The van der Waals surface area contributed by atoms with Crippen LogP contribution in [-0.4, -0.2) is 15.7 Å². The van der Waals surface area contributed by atoms with E-state index in [0.717, 1.165) is 22.9 Å². The number of aliphatic hydroxyl groups is 1. The summed E-state index contributed by atoms with van der Waals surface area (Å²) in [5.74, 6) is 0. The van der Waals surface area contributed by atoms with Gasteiger partial charge in [0.1, 0.15) is 5.15 Å². The molecule has 2 nitrogen and oxygen atoms in total. The molecule has 1 N–H and O–H groups in total. The fourth-order valence-electron chi connectivity index (χ4n) is 1.26. The number of halogens is 2. The van der Waals surface area contributed by atoms with Crippen LogP contribution < -0.4 is 0 Å².